The van der Waals surface area contributed by atoms with Gasteiger partial charge in [0.1, 0.15) is 18.2 Å². The van der Waals surface area contributed by atoms with Crippen molar-refractivity contribution in [2.24, 2.45) is 5.73 Å². The lowest BCUT2D eigenvalue weighted by molar-refractivity contribution is 0.199. The number of benzene rings is 1. The molecule has 1 atom stereocenters. The van der Waals surface area contributed by atoms with Crippen LogP contribution in [0, 0.1) is 12.7 Å². The van der Waals surface area contributed by atoms with Gasteiger partial charge >= 0.3 is 0 Å². The number of nitrogens with two attached hydrogens (primary N) is 1. The molecule has 0 bridgehead atoms. The highest BCUT2D eigenvalue weighted by molar-refractivity contribution is 5.39. The van der Waals surface area contributed by atoms with Crippen molar-refractivity contribution in [3.05, 3.63) is 29.1 Å². The maximum Gasteiger partial charge on any atom is 0.126 e. The van der Waals surface area contributed by atoms with Crippen molar-refractivity contribution in [1.29, 1.82) is 0 Å². The molecule has 0 radical (unpaired) electrons. The molecular weight excluding hydrogens is 197 g/mol. The standard InChI is InChI=1S/C11H16FNO2/c1-7-5-11(15-4-3-14)9(8(2)13)6-10(7)12/h5-6,8,14H,3-4,13H2,1-2H3. The lowest BCUT2D eigenvalue weighted by Crippen LogP contribution is -2.11. The van der Waals surface area contributed by atoms with Crippen LogP contribution in [0.5, 0.6) is 5.75 Å². The van der Waals surface area contributed by atoms with E-state index in [1.165, 1.54) is 6.07 Å². The van der Waals surface area contributed by atoms with Crippen LogP contribution in [-0.4, -0.2) is 18.3 Å². The van der Waals surface area contributed by atoms with Gasteiger partial charge in [-0.25, -0.2) is 4.39 Å². The van der Waals surface area contributed by atoms with Crippen LogP contribution in [0.15, 0.2) is 12.1 Å². The Labute approximate surface area is 88.7 Å². The molecule has 15 heavy (non-hydrogen) atoms. The smallest absolute Gasteiger partial charge is 0.126 e. The number of hydrogen-bond donors (Lipinski definition) is 2. The summed E-state index contributed by atoms with van der Waals surface area (Å²) >= 11 is 0. The topological polar surface area (TPSA) is 55.5 Å². The van der Waals surface area contributed by atoms with Crippen LogP contribution in [0.2, 0.25) is 0 Å². The number of hydrogen-bond acceptors (Lipinski definition) is 3. The molecule has 0 saturated carbocycles. The third kappa shape index (κ3) is 2.91. The maximum absolute atomic E-state index is 13.3. The number of ether oxygens (including phenoxy) is 1. The first-order valence-electron chi connectivity index (χ1n) is 4.85. The van der Waals surface area contributed by atoms with Gasteiger partial charge in [0.05, 0.1) is 6.61 Å². The zero-order valence-corrected chi connectivity index (χ0v) is 8.96. The van der Waals surface area contributed by atoms with Gasteiger partial charge in [-0.15, -0.1) is 0 Å². The Bertz CT molecular complexity index is 340. The molecule has 1 unspecified atom stereocenters. The lowest BCUT2D eigenvalue weighted by Gasteiger charge is -2.14. The minimum Gasteiger partial charge on any atom is -0.491 e. The van der Waals surface area contributed by atoms with Gasteiger partial charge in [-0.2, -0.15) is 0 Å². The van der Waals surface area contributed by atoms with E-state index in [1.54, 1.807) is 19.9 Å². The van der Waals surface area contributed by atoms with Gasteiger partial charge in [0.25, 0.3) is 0 Å². The highest BCUT2D eigenvalue weighted by Gasteiger charge is 2.11. The summed E-state index contributed by atoms with van der Waals surface area (Å²) in [5, 5.41) is 8.65. The number of halogens is 1. The van der Waals surface area contributed by atoms with Gasteiger partial charge in [-0.1, -0.05) is 0 Å². The second-order valence-electron chi connectivity index (χ2n) is 3.50. The van der Waals surface area contributed by atoms with Gasteiger partial charge in [-0.3, -0.25) is 0 Å². The highest BCUT2D eigenvalue weighted by atomic mass is 19.1. The van der Waals surface area contributed by atoms with E-state index in [0.717, 1.165) is 0 Å². The van der Waals surface area contributed by atoms with E-state index in [4.69, 9.17) is 15.6 Å². The third-order valence-electron chi connectivity index (χ3n) is 2.13. The zero-order chi connectivity index (χ0) is 11.4. The normalized spacial score (nSPS) is 12.6. The fourth-order valence-electron chi connectivity index (χ4n) is 1.31. The summed E-state index contributed by atoms with van der Waals surface area (Å²) in [6, 6.07) is 2.69. The van der Waals surface area contributed by atoms with Gasteiger partial charge < -0.3 is 15.6 Å². The first-order valence-corrected chi connectivity index (χ1v) is 4.85. The summed E-state index contributed by atoms with van der Waals surface area (Å²) in [6.07, 6.45) is 0. The van der Waals surface area contributed by atoms with Crippen molar-refractivity contribution in [2.75, 3.05) is 13.2 Å². The quantitative estimate of drug-likeness (QED) is 0.797. The van der Waals surface area contributed by atoms with E-state index < -0.39 is 0 Å². The Morgan fingerprint density at radius 3 is 2.73 bits per heavy atom. The van der Waals surface area contributed by atoms with Gasteiger partial charge in [0, 0.05) is 11.6 Å². The number of aliphatic hydroxyl groups excluding tert-OH is 1. The SMILES string of the molecule is Cc1cc(OCCO)c(C(C)N)cc1F. The van der Waals surface area contributed by atoms with E-state index in [-0.39, 0.29) is 25.1 Å². The minimum absolute atomic E-state index is 0.0746. The molecule has 0 aliphatic rings. The average molecular weight is 213 g/mol. The predicted octanol–water partition coefficient (Wildman–Crippen LogP) is 1.52. The van der Waals surface area contributed by atoms with Crippen molar-refractivity contribution >= 4 is 0 Å². The maximum atomic E-state index is 13.3. The van der Waals surface area contributed by atoms with Crippen molar-refractivity contribution in [3.63, 3.8) is 0 Å². The Hall–Kier alpha value is -1.13. The van der Waals surface area contributed by atoms with Crippen LogP contribution in [-0.2, 0) is 0 Å². The average Bonchev–Trinajstić information content (AvgIpc) is 2.19. The van der Waals surface area contributed by atoms with Gasteiger partial charge in [0.15, 0.2) is 0 Å². The van der Waals surface area contributed by atoms with Crippen LogP contribution >= 0.6 is 0 Å². The molecule has 4 heteroatoms. The summed E-state index contributed by atoms with van der Waals surface area (Å²) in [5.74, 6) is 0.247. The van der Waals surface area contributed by atoms with Gasteiger partial charge in [-0.05, 0) is 31.5 Å². The molecule has 3 N–H and O–H groups in total. The molecule has 0 aliphatic carbocycles. The molecule has 1 aromatic carbocycles. The first kappa shape index (κ1) is 11.9. The van der Waals surface area contributed by atoms with E-state index in [1.807, 2.05) is 0 Å². The Morgan fingerprint density at radius 1 is 1.53 bits per heavy atom. The van der Waals surface area contributed by atoms with Crippen molar-refractivity contribution in [2.45, 2.75) is 19.9 Å². The largest absolute Gasteiger partial charge is 0.491 e. The van der Waals surface area contributed by atoms with Crippen LogP contribution in [0.1, 0.15) is 24.1 Å². The molecule has 1 rings (SSSR count). The molecule has 0 amide bonds. The molecule has 1 aromatic rings. The summed E-state index contributed by atoms with van der Waals surface area (Å²) in [7, 11) is 0. The van der Waals surface area contributed by atoms with E-state index >= 15 is 0 Å². The molecule has 0 spiro atoms. The van der Waals surface area contributed by atoms with Gasteiger partial charge in [0.2, 0.25) is 0 Å². The predicted molar refractivity (Wildman–Crippen MR) is 56.3 cm³/mol. The molecule has 0 aliphatic heterocycles. The Morgan fingerprint density at radius 2 is 2.20 bits per heavy atom. The molecule has 0 saturated heterocycles. The summed E-state index contributed by atoms with van der Waals surface area (Å²) < 4.78 is 18.6. The highest BCUT2D eigenvalue weighted by Crippen LogP contribution is 2.27. The summed E-state index contributed by atoms with van der Waals surface area (Å²) in [4.78, 5) is 0. The molecule has 0 fully saturated rings. The second-order valence-corrected chi connectivity index (χ2v) is 3.50. The zero-order valence-electron chi connectivity index (χ0n) is 8.96. The third-order valence-corrected chi connectivity index (χ3v) is 2.13. The molecule has 0 aromatic heterocycles. The number of rotatable bonds is 4. The van der Waals surface area contributed by atoms with Crippen LogP contribution < -0.4 is 10.5 Å². The fourth-order valence-corrected chi connectivity index (χ4v) is 1.31. The van der Waals surface area contributed by atoms with Crippen molar-refractivity contribution in [1.82, 2.24) is 0 Å². The lowest BCUT2D eigenvalue weighted by atomic mass is 10.1. The minimum atomic E-state index is -0.297. The van der Waals surface area contributed by atoms with Crippen LogP contribution in [0.4, 0.5) is 4.39 Å². The van der Waals surface area contributed by atoms with E-state index in [2.05, 4.69) is 0 Å². The number of aryl methyl sites for hydroxylation is 1. The molecule has 84 valence electrons. The monoisotopic (exact) mass is 213 g/mol. The molecule has 3 nitrogen and oxygen atoms in total. The fraction of sp³-hybridized carbons (Fsp3) is 0.455. The number of aliphatic hydroxyl groups is 1. The molecule has 0 heterocycles. The second kappa shape index (κ2) is 5.09. The van der Waals surface area contributed by atoms with Crippen LogP contribution in [0.25, 0.3) is 0 Å². The first-order chi connectivity index (χ1) is 7.06. The van der Waals surface area contributed by atoms with Crippen molar-refractivity contribution < 1.29 is 14.2 Å². The Balaban J connectivity index is 3.04. The Kier molecular flexibility index (Phi) is 4.05. The van der Waals surface area contributed by atoms with E-state index in [9.17, 15) is 4.39 Å². The van der Waals surface area contributed by atoms with E-state index in [0.29, 0.717) is 16.9 Å². The van der Waals surface area contributed by atoms with Crippen molar-refractivity contribution in [3.8, 4) is 5.75 Å². The summed E-state index contributed by atoms with van der Waals surface area (Å²) in [6.45, 7) is 3.53. The van der Waals surface area contributed by atoms with Crippen LogP contribution in [0.3, 0.4) is 0 Å². The molecular formula is C11H16FNO2. The summed E-state index contributed by atoms with van der Waals surface area (Å²) in [5.41, 5.74) is 6.82.